The highest BCUT2D eigenvalue weighted by Crippen LogP contribution is 2.24. The fourth-order valence-corrected chi connectivity index (χ4v) is 4.24. The number of likely N-dealkylation sites (tertiary alicyclic amines) is 1. The number of rotatable bonds is 3. The molecule has 1 aliphatic heterocycles. The van der Waals surface area contributed by atoms with Crippen molar-refractivity contribution < 1.29 is 9.59 Å². The molecule has 7 heteroatoms. The molecule has 1 fully saturated rings. The summed E-state index contributed by atoms with van der Waals surface area (Å²) < 4.78 is 1.95. The molecule has 1 aromatic heterocycles. The van der Waals surface area contributed by atoms with Crippen molar-refractivity contribution in [2.45, 2.75) is 40.2 Å². The molecule has 0 radical (unpaired) electrons. The van der Waals surface area contributed by atoms with Gasteiger partial charge in [0.05, 0.1) is 6.54 Å². The monoisotopic (exact) mass is 419 g/mol. The summed E-state index contributed by atoms with van der Waals surface area (Å²) >= 11 is 7.70. The lowest BCUT2D eigenvalue weighted by atomic mass is 9.91. The minimum absolute atomic E-state index is 0.0989. The molecule has 0 atom stereocenters. The Hall–Kier alpha value is -1.92. The molecule has 2 aromatic rings. The summed E-state index contributed by atoms with van der Waals surface area (Å²) in [4.78, 5) is 32.0. The number of carbonyl (C=O) groups is 2. The van der Waals surface area contributed by atoms with Crippen LogP contribution in [0.2, 0.25) is 5.02 Å². The van der Waals surface area contributed by atoms with Gasteiger partial charge in [-0.2, -0.15) is 4.99 Å². The SMILES string of the molecule is CC(C)(C)C(=O)N1CCC(C(=O)N=c2sccn2Cc2ccccc2Cl)CC1. The number of piperidine rings is 1. The fourth-order valence-electron chi connectivity index (χ4n) is 3.31. The van der Waals surface area contributed by atoms with Crippen LogP contribution >= 0.6 is 22.9 Å². The lowest BCUT2D eigenvalue weighted by Gasteiger charge is -2.34. The Kier molecular flexibility index (Phi) is 6.40. The maximum absolute atomic E-state index is 12.7. The Bertz CT molecular complexity index is 918. The second-order valence-corrected chi connectivity index (χ2v) is 9.45. The van der Waals surface area contributed by atoms with Crippen molar-refractivity contribution in [3.8, 4) is 0 Å². The minimum Gasteiger partial charge on any atom is -0.342 e. The first-order valence-corrected chi connectivity index (χ1v) is 10.8. The van der Waals surface area contributed by atoms with Crippen LogP contribution in [0.25, 0.3) is 0 Å². The van der Waals surface area contributed by atoms with Crippen molar-refractivity contribution in [3.05, 3.63) is 51.2 Å². The van der Waals surface area contributed by atoms with Crippen molar-refractivity contribution in [1.29, 1.82) is 0 Å². The highest BCUT2D eigenvalue weighted by Gasteiger charge is 2.32. The van der Waals surface area contributed by atoms with Crippen LogP contribution in [0.15, 0.2) is 40.8 Å². The van der Waals surface area contributed by atoms with E-state index >= 15 is 0 Å². The summed E-state index contributed by atoms with van der Waals surface area (Å²) in [6.07, 6.45) is 3.25. The van der Waals surface area contributed by atoms with E-state index in [2.05, 4.69) is 4.99 Å². The summed E-state index contributed by atoms with van der Waals surface area (Å²) in [5, 5.41) is 2.63. The summed E-state index contributed by atoms with van der Waals surface area (Å²) in [5.74, 6) is -0.0794. The van der Waals surface area contributed by atoms with Gasteiger partial charge in [-0.1, -0.05) is 50.6 Å². The topological polar surface area (TPSA) is 54.7 Å². The lowest BCUT2D eigenvalue weighted by molar-refractivity contribution is -0.142. The molecule has 1 saturated heterocycles. The molecule has 0 aliphatic carbocycles. The van der Waals surface area contributed by atoms with Crippen molar-refractivity contribution in [2.24, 2.45) is 16.3 Å². The van der Waals surface area contributed by atoms with Gasteiger partial charge in [0, 0.05) is 41.0 Å². The maximum atomic E-state index is 12.7. The highest BCUT2D eigenvalue weighted by molar-refractivity contribution is 7.07. The summed E-state index contributed by atoms with van der Waals surface area (Å²) in [6.45, 7) is 7.59. The second kappa shape index (κ2) is 8.62. The van der Waals surface area contributed by atoms with Crippen LogP contribution in [-0.2, 0) is 16.1 Å². The van der Waals surface area contributed by atoms with Crippen LogP contribution in [0, 0.1) is 11.3 Å². The third-order valence-corrected chi connectivity index (χ3v) is 6.10. The van der Waals surface area contributed by atoms with E-state index in [0.717, 1.165) is 5.56 Å². The molecule has 2 heterocycles. The zero-order valence-corrected chi connectivity index (χ0v) is 18.1. The fraction of sp³-hybridized carbons (Fsp3) is 0.476. The number of aromatic nitrogens is 1. The van der Waals surface area contributed by atoms with Crippen molar-refractivity contribution in [1.82, 2.24) is 9.47 Å². The van der Waals surface area contributed by atoms with E-state index in [4.69, 9.17) is 11.6 Å². The van der Waals surface area contributed by atoms with E-state index in [-0.39, 0.29) is 23.1 Å². The molecule has 2 amide bonds. The molecule has 1 aromatic carbocycles. The zero-order chi connectivity index (χ0) is 20.3. The van der Waals surface area contributed by atoms with Crippen LogP contribution in [0.3, 0.4) is 0 Å². The van der Waals surface area contributed by atoms with Gasteiger partial charge in [0.15, 0.2) is 4.80 Å². The molecule has 0 bridgehead atoms. The largest absolute Gasteiger partial charge is 0.342 e. The first kappa shape index (κ1) is 20.8. The number of halogens is 1. The highest BCUT2D eigenvalue weighted by atomic mass is 35.5. The van der Waals surface area contributed by atoms with E-state index in [1.807, 2.05) is 66.1 Å². The van der Waals surface area contributed by atoms with E-state index in [9.17, 15) is 9.59 Å². The molecule has 28 heavy (non-hydrogen) atoms. The Balaban J connectivity index is 1.67. The average Bonchev–Trinajstić information content (AvgIpc) is 3.09. The summed E-state index contributed by atoms with van der Waals surface area (Å²) in [6, 6.07) is 7.68. The quantitative estimate of drug-likeness (QED) is 0.755. The lowest BCUT2D eigenvalue weighted by Crippen LogP contribution is -2.45. The Morgan fingerprint density at radius 1 is 1.21 bits per heavy atom. The Morgan fingerprint density at radius 2 is 1.89 bits per heavy atom. The molecule has 1 aliphatic rings. The van der Waals surface area contributed by atoms with Gasteiger partial charge in [0.25, 0.3) is 5.91 Å². The van der Waals surface area contributed by atoms with Crippen molar-refractivity contribution in [2.75, 3.05) is 13.1 Å². The zero-order valence-electron chi connectivity index (χ0n) is 16.5. The number of carbonyl (C=O) groups excluding carboxylic acids is 2. The molecule has 0 saturated carbocycles. The second-order valence-electron chi connectivity index (χ2n) is 8.17. The molecular weight excluding hydrogens is 394 g/mol. The van der Waals surface area contributed by atoms with Crippen LogP contribution in [0.5, 0.6) is 0 Å². The van der Waals surface area contributed by atoms with Gasteiger partial charge in [-0.05, 0) is 24.5 Å². The average molecular weight is 420 g/mol. The minimum atomic E-state index is -0.386. The molecule has 0 N–H and O–H groups in total. The first-order valence-electron chi connectivity index (χ1n) is 9.51. The van der Waals surface area contributed by atoms with Gasteiger partial charge in [-0.25, -0.2) is 0 Å². The van der Waals surface area contributed by atoms with Gasteiger partial charge in [-0.15, -0.1) is 11.3 Å². The van der Waals surface area contributed by atoms with E-state index in [0.29, 0.717) is 42.3 Å². The number of thiazole rings is 1. The molecule has 3 rings (SSSR count). The smallest absolute Gasteiger partial charge is 0.251 e. The van der Waals surface area contributed by atoms with E-state index in [1.165, 1.54) is 11.3 Å². The van der Waals surface area contributed by atoms with Gasteiger partial charge in [-0.3, -0.25) is 9.59 Å². The van der Waals surface area contributed by atoms with Crippen LogP contribution in [0.4, 0.5) is 0 Å². The van der Waals surface area contributed by atoms with Crippen LogP contribution in [-0.4, -0.2) is 34.4 Å². The number of nitrogens with zero attached hydrogens (tertiary/aromatic N) is 3. The van der Waals surface area contributed by atoms with Crippen LogP contribution < -0.4 is 4.80 Å². The Morgan fingerprint density at radius 3 is 2.54 bits per heavy atom. The molecule has 150 valence electrons. The molecule has 5 nitrogen and oxygen atoms in total. The van der Waals surface area contributed by atoms with Crippen molar-refractivity contribution in [3.63, 3.8) is 0 Å². The summed E-state index contributed by atoms with van der Waals surface area (Å²) in [5.41, 5.74) is 0.605. The predicted octanol–water partition coefficient (Wildman–Crippen LogP) is 3.96. The Labute approximate surface area is 174 Å². The third kappa shape index (κ3) is 4.92. The van der Waals surface area contributed by atoms with Gasteiger partial charge in [0.1, 0.15) is 0 Å². The van der Waals surface area contributed by atoms with E-state index in [1.54, 1.807) is 0 Å². The number of amides is 2. The molecular formula is C21H26ClN3O2S. The predicted molar refractivity (Wildman–Crippen MR) is 112 cm³/mol. The molecule has 0 unspecified atom stereocenters. The third-order valence-electron chi connectivity index (χ3n) is 4.94. The molecule has 0 spiro atoms. The van der Waals surface area contributed by atoms with Gasteiger partial charge in [0.2, 0.25) is 5.91 Å². The number of hydrogen-bond donors (Lipinski definition) is 0. The van der Waals surface area contributed by atoms with Crippen LogP contribution in [0.1, 0.15) is 39.2 Å². The van der Waals surface area contributed by atoms with Gasteiger partial charge < -0.3 is 9.47 Å². The van der Waals surface area contributed by atoms with E-state index < -0.39 is 0 Å². The number of hydrogen-bond acceptors (Lipinski definition) is 3. The normalized spacial score (nSPS) is 16.4. The van der Waals surface area contributed by atoms with Gasteiger partial charge >= 0.3 is 0 Å². The first-order chi connectivity index (χ1) is 13.3. The van der Waals surface area contributed by atoms with Crippen molar-refractivity contribution >= 4 is 34.8 Å². The standard InChI is InChI=1S/C21H26ClN3O2S/c1-21(2,3)19(27)24-10-8-15(9-11-24)18(26)23-20-25(12-13-28-20)14-16-6-4-5-7-17(16)22/h4-7,12-13,15H,8-11,14H2,1-3H3. The summed E-state index contributed by atoms with van der Waals surface area (Å²) in [7, 11) is 0. The maximum Gasteiger partial charge on any atom is 0.251 e. The number of benzene rings is 1.